The predicted molar refractivity (Wildman–Crippen MR) is 81.9 cm³/mol. The van der Waals surface area contributed by atoms with E-state index >= 15 is 0 Å². The normalized spacial score (nSPS) is 11.0. The Kier molecular flexibility index (Phi) is 4.65. The van der Waals surface area contributed by atoms with Gasteiger partial charge in [-0.1, -0.05) is 17.7 Å². The van der Waals surface area contributed by atoms with Crippen LogP contribution in [-0.4, -0.2) is 30.8 Å². The largest absolute Gasteiger partial charge is 0.293 e. The Balaban J connectivity index is 2.59. The first kappa shape index (κ1) is 16.2. The highest BCUT2D eigenvalue weighted by molar-refractivity contribution is 7.92. The van der Waals surface area contributed by atoms with Crippen LogP contribution < -0.4 is 9.79 Å². The molecule has 116 valence electrons. The molecule has 7 nitrogen and oxygen atoms in total. The van der Waals surface area contributed by atoms with Crippen LogP contribution in [0.4, 0.5) is 11.4 Å². The molecular weight excluding hydrogens is 330 g/mol. The highest BCUT2D eigenvalue weighted by Crippen LogP contribution is 2.30. The van der Waals surface area contributed by atoms with E-state index in [1.165, 1.54) is 29.9 Å². The van der Waals surface area contributed by atoms with Crippen LogP contribution in [-0.2, 0) is 10.0 Å². The Bertz CT molecular complexity index is 810. The Hall–Kier alpha value is -2.16. The molecule has 9 heteroatoms. The van der Waals surface area contributed by atoms with Crippen LogP contribution in [0.25, 0.3) is 0 Å². The van der Waals surface area contributed by atoms with Crippen LogP contribution in [0.2, 0.25) is 5.02 Å². The monoisotopic (exact) mass is 341 g/mol. The second-order valence-electron chi connectivity index (χ2n) is 4.35. The SMILES string of the molecule is CS(=O)(=O)N(c1cccc(Cl)c1)c1ccnc(C(=O)NO)c1. The first-order valence-electron chi connectivity index (χ1n) is 5.99. The number of benzene rings is 1. The zero-order valence-electron chi connectivity index (χ0n) is 11.4. The summed E-state index contributed by atoms with van der Waals surface area (Å²) in [5.74, 6) is -0.846. The third-order valence-electron chi connectivity index (χ3n) is 2.69. The Morgan fingerprint density at radius 1 is 1.27 bits per heavy atom. The molecule has 2 aromatic rings. The van der Waals surface area contributed by atoms with Crippen molar-refractivity contribution in [3.63, 3.8) is 0 Å². The number of amides is 1. The molecule has 1 amide bonds. The Labute approximate surface area is 132 Å². The third-order valence-corrected chi connectivity index (χ3v) is 4.01. The number of nitrogens with zero attached hydrogens (tertiary/aromatic N) is 2. The minimum absolute atomic E-state index is 0.129. The maximum absolute atomic E-state index is 12.1. The number of hydrogen-bond acceptors (Lipinski definition) is 5. The van der Waals surface area contributed by atoms with Crippen molar-refractivity contribution in [3.05, 3.63) is 53.3 Å². The summed E-state index contributed by atoms with van der Waals surface area (Å²) in [6.07, 6.45) is 2.29. The molecule has 0 unspecified atom stereocenters. The van der Waals surface area contributed by atoms with Gasteiger partial charge in [0.05, 0.1) is 17.6 Å². The molecule has 0 spiro atoms. The van der Waals surface area contributed by atoms with Gasteiger partial charge in [0.15, 0.2) is 0 Å². The molecule has 22 heavy (non-hydrogen) atoms. The van der Waals surface area contributed by atoms with Crippen molar-refractivity contribution in [2.45, 2.75) is 0 Å². The van der Waals surface area contributed by atoms with Gasteiger partial charge in [0.25, 0.3) is 5.91 Å². The number of hydrogen-bond donors (Lipinski definition) is 2. The minimum Gasteiger partial charge on any atom is -0.288 e. The first-order chi connectivity index (χ1) is 10.3. The summed E-state index contributed by atoms with van der Waals surface area (Å²) in [4.78, 5) is 15.2. The number of aromatic nitrogens is 1. The van der Waals surface area contributed by atoms with Gasteiger partial charge >= 0.3 is 0 Å². The van der Waals surface area contributed by atoms with E-state index in [0.717, 1.165) is 10.6 Å². The van der Waals surface area contributed by atoms with Crippen molar-refractivity contribution in [1.29, 1.82) is 0 Å². The number of pyridine rings is 1. The van der Waals surface area contributed by atoms with Gasteiger partial charge in [0.2, 0.25) is 10.0 Å². The van der Waals surface area contributed by atoms with E-state index in [9.17, 15) is 13.2 Å². The van der Waals surface area contributed by atoms with Crippen LogP contribution in [0.5, 0.6) is 0 Å². The molecule has 0 atom stereocenters. The summed E-state index contributed by atoms with van der Waals surface area (Å²) in [7, 11) is -3.68. The van der Waals surface area contributed by atoms with E-state index in [1.54, 1.807) is 18.2 Å². The van der Waals surface area contributed by atoms with Crippen molar-refractivity contribution in [2.75, 3.05) is 10.6 Å². The second-order valence-corrected chi connectivity index (χ2v) is 6.62. The predicted octanol–water partition coefficient (Wildman–Crippen LogP) is 1.95. The summed E-state index contributed by atoms with van der Waals surface area (Å²) >= 11 is 5.90. The number of halogens is 1. The average molecular weight is 342 g/mol. The number of carbonyl (C=O) groups is 1. The highest BCUT2D eigenvalue weighted by Gasteiger charge is 2.21. The fourth-order valence-electron chi connectivity index (χ4n) is 1.86. The lowest BCUT2D eigenvalue weighted by Gasteiger charge is -2.22. The van der Waals surface area contributed by atoms with Gasteiger partial charge < -0.3 is 0 Å². The Morgan fingerprint density at radius 3 is 2.55 bits per heavy atom. The lowest BCUT2D eigenvalue weighted by Crippen LogP contribution is -2.26. The molecule has 0 aliphatic rings. The molecule has 1 aromatic carbocycles. The summed E-state index contributed by atoms with van der Waals surface area (Å²) in [6, 6.07) is 8.94. The van der Waals surface area contributed by atoms with Crippen molar-refractivity contribution in [3.8, 4) is 0 Å². The molecule has 0 saturated carbocycles. The van der Waals surface area contributed by atoms with Crippen molar-refractivity contribution < 1.29 is 18.4 Å². The lowest BCUT2D eigenvalue weighted by atomic mass is 10.2. The molecule has 2 rings (SSSR count). The van der Waals surface area contributed by atoms with Crippen molar-refractivity contribution in [2.24, 2.45) is 0 Å². The minimum atomic E-state index is -3.68. The van der Waals surface area contributed by atoms with Crippen molar-refractivity contribution >= 4 is 38.9 Å². The fraction of sp³-hybridized carbons (Fsp3) is 0.0769. The molecule has 0 bridgehead atoms. The maximum atomic E-state index is 12.1. The fourth-order valence-corrected chi connectivity index (χ4v) is 3.04. The molecule has 2 N–H and O–H groups in total. The number of carbonyl (C=O) groups excluding carboxylic acids is 1. The van der Waals surface area contributed by atoms with Crippen LogP contribution in [0, 0.1) is 0 Å². The van der Waals surface area contributed by atoms with Gasteiger partial charge in [0, 0.05) is 11.2 Å². The smallest absolute Gasteiger partial charge is 0.288 e. The number of sulfonamides is 1. The molecule has 0 aliphatic heterocycles. The molecular formula is C13H12ClN3O4S. The molecule has 0 fully saturated rings. The number of rotatable bonds is 4. The van der Waals surface area contributed by atoms with E-state index in [-0.39, 0.29) is 11.4 Å². The molecule has 1 aromatic heterocycles. The van der Waals surface area contributed by atoms with Crippen molar-refractivity contribution in [1.82, 2.24) is 10.5 Å². The van der Waals surface area contributed by atoms with Crippen LogP contribution in [0.15, 0.2) is 42.6 Å². The molecule has 0 saturated heterocycles. The third kappa shape index (κ3) is 3.53. The van der Waals surface area contributed by atoms with E-state index in [4.69, 9.17) is 16.8 Å². The Morgan fingerprint density at radius 2 is 1.95 bits per heavy atom. The number of nitrogens with one attached hydrogen (secondary N) is 1. The average Bonchev–Trinajstić information content (AvgIpc) is 2.45. The number of hydroxylamine groups is 1. The highest BCUT2D eigenvalue weighted by atomic mass is 35.5. The summed E-state index contributed by atoms with van der Waals surface area (Å²) < 4.78 is 25.2. The van der Waals surface area contributed by atoms with Gasteiger partial charge in [-0.15, -0.1) is 0 Å². The van der Waals surface area contributed by atoms with Gasteiger partial charge in [-0.25, -0.2) is 18.2 Å². The summed E-state index contributed by atoms with van der Waals surface area (Å²) in [6.45, 7) is 0. The van der Waals surface area contributed by atoms with Gasteiger partial charge in [-0.3, -0.25) is 15.0 Å². The summed E-state index contributed by atoms with van der Waals surface area (Å²) in [5.41, 5.74) is 1.82. The van der Waals surface area contributed by atoms with E-state index in [2.05, 4.69) is 4.98 Å². The summed E-state index contributed by atoms with van der Waals surface area (Å²) in [5, 5.41) is 9.01. The first-order valence-corrected chi connectivity index (χ1v) is 8.22. The molecule has 0 radical (unpaired) electrons. The molecule has 1 heterocycles. The maximum Gasteiger partial charge on any atom is 0.293 e. The zero-order chi connectivity index (χ0) is 16.3. The molecule has 0 aliphatic carbocycles. The number of anilines is 2. The van der Waals surface area contributed by atoms with Crippen LogP contribution >= 0.6 is 11.6 Å². The van der Waals surface area contributed by atoms with Gasteiger partial charge in [0.1, 0.15) is 5.69 Å². The second kappa shape index (κ2) is 6.30. The van der Waals surface area contributed by atoms with Gasteiger partial charge in [-0.05, 0) is 30.3 Å². The van der Waals surface area contributed by atoms with E-state index in [1.807, 2.05) is 0 Å². The van der Waals surface area contributed by atoms with Gasteiger partial charge in [-0.2, -0.15) is 0 Å². The van der Waals surface area contributed by atoms with Crippen LogP contribution in [0.3, 0.4) is 0 Å². The quantitative estimate of drug-likeness (QED) is 0.654. The van der Waals surface area contributed by atoms with E-state index < -0.39 is 15.9 Å². The topological polar surface area (TPSA) is 99.6 Å². The lowest BCUT2D eigenvalue weighted by molar-refractivity contribution is 0.0701. The standard InChI is InChI=1S/C13H12ClN3O4S/c1-22(20,21)17(10-4-2-3-9(14)7-10)11-5-6-15-12(8-11)13(18)16-19/h2-8,19H,1H3,(H,16,18). The van der Waals surface area contributed by atoms with Crippen LogP contribution in [0.1, 0.15) is 10.5 Å². The zero-order valence-corrected chi connectivity index (χ0v) is 13.0. The van der Waals surface area contributed by atoms with E-state index in [0.29, 0.717) is 10.7 Å².